The molecule has 1 aromatic carbocycles. The maximum Gasteiger partial charge on any atom is 0.171 e. The number of phenolic OH excluding ortho intramolecular Hbond substituents is 1. The molecule has 2 heterocycles. The van der Waals surface area contributed by atoms with Crippen LogP contribution in [0.1, 0.15) is 10.4 Å². The molecule has 0 aromatic heterocycles. The lowest BCUT2D eigenvalue weighted by Crippen LogP contribution is -2.22. The molecule has 1 fully saturated rings. The fraction of sp³-hybridized carbons (Fsp3) is 0.385. The summed E-state index contributed by atoms with van der Waals surface area (Å²) < 4.78 is 10.3. The molecule has 18 heavy (non-hydrogen) atoms. The molecule has 1 unspecified atom stereocenters. The maximum absolute atomic E-state index is 12.4. The molecule has 0 radical (unpaired) electrons. The van der Waals surface area contributed by atoms with E-state index in [1.54, 1.807) is 12.3 Å². The molecular formula is C13H13NO4. The molecule has 5 nitrogen and oxygen atoms in total. The van der Waals surface area contributed by atoms with Crippen LogP contribution in [-0.4, -0.2) is 37.4 Å². The first kappa shape index (κ1) is 11.2. The fourth-order valence-corrected chi connectivity index (χ4v) is 2.39. The van der Waals surface area contributed by atoms with Crippen LogP contribution in [0.2, 0.25) is 0 Å². The van der Waals surface area contributed by atoms with Crippen molar-refractivity contribution in [3.63, 3.8) is 0 Å². The Bertz CT molecular complexity index is 538. The first-order chi connectivity index (χ1) is 8.70. The number of carbonyl (C=O) groups excluding carboxylic acids is 1. The normalized spacial score (nSPS) is 25.5. The predicted molar refractivity (Wildman–Crippen MR) is 64.9 cm³/mol. The smallest absolute Gasteiger partial charge is 0.171 e. The van der Waals surface area contributed by atoms with Crippen molar-refractivity contribution in [2.24, 2.45) is 16.8 Å². The van der Waals surface area contributed by atoms with E-state index in [-0.39, 0.29) is 29.1 Å². The molecule has 0 saturated carbocycles. The summed E-state index contributed by atoms with van der Waals surface area (Å²) in [5, 5.41) is 9.71. The number of Topliss-reactive ketones (excluding diaryl/α,β-unsaturated/α-hetero) is 1. The van der Waals surface area contributed by atoms with E-state index in [9.17, 15) is 9.90 Å². The Morgan fingerprint density at radius 3 is 3.06 bits per heavy atom. The largest absolute Gasteiger partial charge is 0.504 e. The third-order valence-corrected chi connectivity index (χ3v) is 3.43. The highest BCUT2D eigenvalue weighted by Gasteiger charge is 2.36. The summed E-state index contributed by atoms with van der Waals surface area (Å²) >= 11 is 0. The molecule has 2 atom stereocenters. The van der Waals surface area contributed by atoms with E-state index in [0.29, 0.717) is 24.5 Å². The van der Waals surface area contributed by atoms with Gasteiger partial charge in [0.15, 0.2) is 17.3 Å². The van der Waals surface area contributed by atoms with Crippen LogP contribution in [0.15, 0.2) is 17.1 Å². The Kier molecular flexibility index (Phi) is 2.56. The summed E-state index contributed by atoms with van der Waals surface area (Å²) in [7, 11) is 1.45. The number of nitrogens with zero attached hydrogens (tertiary/aromatic N) is 1. The highest BCUT2D eigenvalue weighted by Crippen LogP contribution is 2.38. The lowest BCUT2D eigenvalue weighted by molar-refractivity contribution is 0.0895. The number of benzene rings is 1. The monoisotopic (exact) mass is 247 g/mol. The summed E-state index contributed by atoms with van der Waals surface area (Å²) in [5.41, 5.74) is 0.978. The van der Waals surface area contributed by atoms with Crippen LogP contribution in [0.25, 0.3) is 0 Å². The van der Waals surface area contributed by atoms with Crippen molar-refractivity contribution in [3.8, 4) is 11.5 Å². The van der Waals surface area contributed by atoms with Gasteiger partial charge in [0.2, 0.25) is 0 Å². The van der Waals surface area contributed by atoms with Gasteiger partial charge in [0.25, 0.3) is 0 Å². The Balaban J connectivity index is 2.12. The molecular weight excluding hydrogens is 234 g/mol. The van der Waals surface area contributed by atoms with E-state index in [0.717, 1.165) is 0 Å². The maximum atomic E-state index is 12.4. The molecule has 1 saturated heterocycles. The highest BCUT2D eigenvalue weighted by atomic mass is 16.5. The molecule has 0 spiro atoms. The zero-order valence-electron chi connectivity index (χ0n) is 9.92. The van der Waals surface area contributed by atoms with E-state index < -0.39 is 0 Å². The van der Waals surface area contributed by atoms with Gasteiger partial charge in [0.1, 0.15) is 0 Å². The summed E-state index contributed by atoms with van der Waals surface area (Å²) in [6.07, 6.45) is 1.74. The van der Waals surface area contributed by atoms with Gasteiger partial charge in [0, 0.05) is 23.8 Å². The van der Waals surface area contributed by atoms with Gasteiger partial charge in [-0.25, -0.2) is 0 Å². The number of hydrogen-bond acceptors (Lipinski definition) is 5. The van der Waals surface area contributed by atoms with Gasteiger partial charge >= 0.3 is 0 Å². The fourth-order valence-electron chi connectivity index (χ4n) is 2.39. The van der Waals surface area contributed by atoms with Crippen LogP contribution >= 0.6 is 0 Å². The van der Waals surface area contributed by atoms with E-state index in [4.69, 9.17) is 9.47 Å². The topological polar surface area (TPSA) is 68.1 Å². The predicted octanol–water partition coefficient (Wildman–Crippen LogP) is 1.56. The molecule has 0 bridgehead atoms. The average molecular weight is 247 g/mol. The van der Waals surface area contributed by atoms with Crippen LogP contribution in [0.4, 0.5) is 5.69 Å². The summed E-state index contributed by atoms with van der Waals surface area (Å²) in [6.45, 7) is 0.954. The summed E-state index contributed by atoms with van der Waals surface area (Å²) in [6, 6.07) is 3.01. The first-order valence-electron chi connectivity index (χ1n) is 5.78. The van der Waals surface area contributed by atoms with E-state index in [2.05, 4.69) is 4.99 Å². The average Bonchev–Trinajstić information content (AvgIpc) is 2.79. The number of ether oxygens (including phenoxy) is 2. The number of aliphatic imine (C=N–C) groups is 1. The second-order valence-corrected chi connectivity index (χ2v) is 4.49. The Morgan fingerprint density at radius 1 is 1.44 bits per heavy atom. The van der Waals surface area contributed by atoms with E-state index in [1.807, 2.05) is 0 Å². The van der Waals surface area contributed by atoms with Crippen molar-refractivity contribution < 1.29 is 19.4 Å². The first-order valence-corrected chi connectivity index (χ1v) is 5.78. The molecule has 1 aromatic rings. The van der Waals surface area contributed by atoms with Crippen LogP contribution in [0.5, 0.6) is 11.5 Å². The zero-order valence-corrected chi connectivity index (χ0v) is 9.92. The number of phenols is 1. The second kappa shape index (κ2) is 4.10. The quantitative estimate of drug-likeness (QED) is 0.817. The van der Waals surface area contributed by atoms with E-state index in [1.165, 1.54) is 13.2 Å². The second-order valence-electron chi connectivity index (χ2n) is 4.49. The van der Waals surface area contributed by atoms with Crippen LogP contribution in [0.3, 0.4) is 0 Å². The molecule has 5 heteroatoms. The Labute approximate surface area is 104 Å². The van der Waals surface area contributed by atoms with Gasteiger partial charge in [-0.1, -0.05) is 0 Å². The number of ketones is 1. The van der Waals surface area contributed by atoms with Gasteiger partial charge in [-0.05, 0) is 6.07 Å². The zero-order chi connectivity index (χ0) is 12.7. The molecule has 2 aliphatic heterocycles. The SMILES string of the molecule is COc1cc2c(cc1O)N=C[C@@H]1COCC1C2=O. The molecule has 94 valence electrons. The van der Waals surface area contributed by atoms with Crippen LogP contribution in [-0.2, 0) is 4.74 Å². The Hall–Kier alpha value is -1.88. The number of fused-ring (bicyclic) bond motifs is 2. The van der Waals surface area contributed by atoms with E-state index >= 15 is 0 Å². The lowest BCUT2D eigenvalue weighted by atomic mass is 9.89. The van der Waals surface area contributed by atoms with Gasteiger partial charge in [-0.2, -0.15) is 0 Å². The molecule has 0 aliphatic carbocycles. The van der Waals surface area contributed by atoms with Crippen molar-refractivity contribution >= 4 is 17.7 Å². The third kappa shape index (κ3) is 1.59. The minimum Gasteiger partial charge on any atom is -0.504 e. The molecule has 1 N–H and O–H groups in total. The highest BCUT2D eigenvalue weighted by molar-refractivity contribution is 6.06. The van der Waals surface area contributed by atoms with Gasteiger partial charge in [-0.3, -0.25) is 9.79 Å². The van der Waals surface area contributed by atoms with Crippen LogP contribution < -0.4 is 4.74 Å². The summed E-state index contributed by atoms with van der Waals surface area (Å²) in [5.74, 6) is 0.129. The number of methoxy groups -OCH3 is 1. The molecule has 3 rings (SSSR count). The van der Waals surface area contributed by atoms with Crippen molar-refractivity contribution in [1.82, 2.24) is 0 Å². The molecule has 2 aliphatic rings. The minimum absolute atomic E-state index is 0.00306. The van der Waals surface area contributed by atoms with Crippen molar-refractivity contribution in [2.75, 3.05) is 20.3 Å². The standard InChI is InChI=1S/C13H13NO4/c1-17-12-2-8-10(3-11(12)15)14-4-7-5-18-6-9(7)13(8)16/h2-4,7,9,15H,5-6H2,1H3/t7-,9?/m1/s1. The van der Waals surface area contributed by atoms with Gasteiger partial charge < -0.3 is 14.6 Å². The lowest BCUT2D eigenvalue weighted by Gasteiger charge is -2.11. The van der Waals surface area contributed by atoms with Crippen molar-refractivity contribution in [3.05, 3.63) is 17.7 Å². The number of rotatable bonds is 1. The third-order valence-electron chi connectivity index (χ3n) is 3.43. The number of carbonyl (C=O) groups is 1. The van der Waals surface area contributed by atoms with Crippen LogP contribution in [0, 0.1) is 11.8 Å². The van der Waals surface area contributed by atoms with Gasteiger partial charge in [-0.15, -0.1) is 0 Å². The number of hydrogen-bond donors (Lipinski definition) is 1. The number of aromatic hydroxyl groups is 1. The van der Waals surface area contributed by atoms with Gasteiger partial charge in [0.05, 0.1) is 31.9 Å². The Morgan fingerprint density at radius 2 is 2.28 bits per heavy atom. The van der Waals surface area contributed by atoms with Crippen molar-refractivity contribution in [2.45, 2.75) is 0 Å². The molecule has 0 amide bonds. The summed E-state index contributed by atoms with van der Waals surface area (Å²) in [4.78, 5) is 16.7. The minimum atomic E-state index is -0.177. The van der Waals surface area contributed by atoms with Crippen molar-refractivity contribution in [1.29, 1.82) is 0 Å².